The van der Waals surface area contributed by atoms with Crippen LogP contribution in [0.15, 0.2) is 24.3 Å². The fourth-order valence-electron chi connectivity index (χ4n) is 1.57. The molecule has 1 aromatic heterocycles. The van der Waals surface area contributed by atoms with Crippen LogP contribution in [0.4, 0.5) is 0 Å². The van der Waals surface area contributed by atoms with E-state index in [-0.39, 0.29) is 0 Å². The number of aldehydes is 1. The Hall–Kier alpha value is -1.94. The number of nitrogens with zero attached hydrogens (tertiary/aromatic N) is 3. The van der Waals surface area contributed by atoms with Gasteiger partial charge in [0.1, 0.15) is 0 Å². The fraction of sp³-hybridized carbons (Fsp3) is 0.154. The molecule has 0 fully saturated rings. The zero-order valence-electron chi connectivity index (χ0n) is 9.88. The third kappa shape index (κ3) is 2.65. The quantitative estimate of drug-likeness (QED) is 0.795. The summed E-state index contributed by atoms with van der Waals surface area (Å²) in [5.74, 6) is 0. The van der Waals surface area contributed by atoms with E-state index in [0.717, 1.165) is 5.56 Å². The molecule has 92 valence electrons. The number of hydrogen-bond donors (Lipinski definition) is 0. The first-order valence-corrected chi connectivity index (χ1v) is 5.94. The monoisotopic (exact) mass is 261 g/mol. The van der Waals surface area contributed by atoms with Crippen molar-refractivity contribution in [2.45, 2.75) is 13.5 Å². The second-order valence-corrected chi connectivity index (χ2v) is 4.11. The zero-order chi connectivity index (χ0) is 13.0. The topological polar surface area (TPSA) is 47.8 Å². The summed E-state index contributed by atoms with van der Waals surface area (Å²) in [4.78, 5) is 10.8. The van der Waals surface area contributed by atoms with Crippen LogP contribution in [0, 0.1) is 0 Å². The first kappa shape index (κ1) is 12.5. The highest BCUT2D eigenvalue weighted by Crippen LogP contribution is 2.13. The maximum Gasteiger partial charge on any atom is 0.172 e. The number of benzene rings is 1. The number of aromatic nitrogens is 3. The molecule has 0 bridgehead atoms. The Labute approximate surface area is 110 Å². The lowest BCUT2D eigenvalue weighted by Crippen LogP contribution is -1.99. The second-order valence-electron chi connectivity index (χ2n) is 3.68. The Morgan fingerprint density at radius 3 is 2.61 bits per heavy atom. The Balaban J connectivity index is 2.30. The van der Waals surface area contributed by atoms with E-state index >= 15 is 0 Å². The van der Waals surface area contributed by atoms with Crippen molar-refractivity contribution < 1.29 is 4.79 Å². The van der Waals surface area contributed by atoms with E-state index in [9.17, 15) is 4.79 Å². The Morgan fingerprint density at radius 2 is 2.00 bits per heavy atom. The van der Waals surface area contributed by atoms with Crippen LogP contribution in [-0.4, -0.2) is 21.3 Å². The van der Waals surface area contributed by atoms with Gasteiger partial charge in [0.15, 0.2) is 12.0 Å². The molecule has 5 heteroatoms. The van der Waals surface area contributed by atoms with Gasteiger partial charge in [-0.2, -0.15) is 0 Å². The fourth-order valence-corrected chi connectivity index (χ4v) is 1.70. The molecule has 0 aliphatic carbocycles. The van der Waals surface area contributed by atoms with Crippen molar-refractivity contribution in [3.05, 3.63) is 46.2 Å². The number of carbonyl (C=O) groups excluding carboxylic acids is 1. The molecular formula is C13H12ClN3O. The van der Waals surface area contributed by atoms with Crippen LogP contribution in [-0.2, 0) is 6.54 Å². The number of halogens is 1. The highest BCUT2D eigenvalue weighted by molar-refractivity contribution is 6.30. The molecule has 0 amide bonds. The maximum absolute atomic E-state index is 10.8. The van der Waals surface area contributed by atoms with Crippen LogP contribution in [0.1, 0.15) is 28.7 Å². The summed E-state index contributed by atoms with van der Waals surface area (Å²) < 4.78 is 1.68. The second kappa shape index (κ2) is 5.60. The maximum atomic E-state index is 10.8. The van der Waals surface area contributed by atoms with E-state index in [2.05, 4.69) is 10.3 Å². The average Bonchev–Trinajstić information content (AvgIpc) is 2.80. The average molecular weight is 262 g/mol. The van der Waals surface area contributed by atoms with Crippen molar-refractivity contribution in [3.8, 4) is 0 Å². The van der Waals surface area contributed by atoms with Crippen molar-refractivity contribution in [2.75, 3.05) is 0 Å². The molecule has 0 unspecified atom stereocenters. The molecule has 0 radical (unpaired) electrons. The Bertz CT molecular complexity index is 572. The van der Waals surface area contributed by atoms with Gasteiger partial charge < -0.3 is 0 Å². The summed E-state index contributed by atoms with van der Waals surface area (Å²) in [6.45, 7) is 2.62. The number of aryl methyl sites for hydroxylation is 1. The SMILES string of the molecule is CCn1nnc(C=O)c1/C=C/c1ccc(Cl)cc1. The van der Waals surface area contributed by atoms with E-state index in [1.165, 1.54) is 0 Å². The minimum absolute atomic E-state index is 0.349. The minimum Gasteiger partial charge on any atom is -0.296 e. The van der Waals surface area contributed by atoms with Gasteiger partial charge in [-0.15, -0.1) is 5.10 Å². The van der Waals surface area contributed by atoms with Crippen molar-refractivity contribution in [2.24, 2.45) is 0 Å². The summed E-state index contributed by atoms with van der Waals surface area (Å²) in [6.07, 6.45) is 4.44. The molecule has 0 saturated heterocycles. The number of rotatable bonds is 4. The summed E-state index contributed by atoms with van der Waals surface area (Å²) in [5, 5.41) is 8.39. The minimum atomic E-state index is 0.349. The van der Waals surface area contributed by atoms with Gasteiger partial charge in [0.05, 0.1) is 5.69 Å². The van der Waals surface area contributed by atoms with Crippen molar-refractivity contribution >= 4 is 30.0 Å². The predicted octanol–water partition coefficient (Wildman–Crippen LogP) is 2.93. The van der Waals surface area contributed by atoms with Crippen molar-refractivity contribution in [1.82, 2.24) is 15.0 Å². The van der Waals surface area contributed by atoms with E-state index < -0.39 is 0 Å². The third-order valence-corrected chi connectivity index (χ3v) is 2.77. The third-order valence-electron chi connectivity index (χ3n) is 2.52. The van der Waals surface area contributed by atoms with Crippen LogP contribution in [0.3, 0.4) is 0 Å². The molecule has 2 aromatic rings. The summed E-state index contributed by atoms with van der Waals surface area (Å²) in [6, 6.07) is 7.44. The van der Waals surface area contributed by atoms with Gasteiger partial charge in [0.2, 0.25) is 0 Å². The van der Waals surface area contributed by atoms with Crippen molar-refractivity contribution in [3.63, 3.8) is 0 Å². The lowest BCUT2D eigenvalue weighted by molar-refractivity contribution is 0.111. The van der Waals surface area contributed by atoms with E-state index in [1.807, 2.05) is 43.3 Å². The molecule has 1 heterocycles. The molecule has 0 N–H and O–H groups in total. The van der Waals surface area contributed by atoms with Crippen LogP contribution in [0.25, 0.3) is 12.2 Å². The molecule has 0 aliphatic heterocycles. The van der Waals surface area contributed by atoms with Gasteiger partial charge in [0.25, 0.3) is 0 Å². The normalized spacial score (nSPS) is 11.0. The van der Waals surface area contributed by atoms with Crippen molar-refractivity contribution in [1.29, 1.82) is 0 Å². The molecule has 18 heavy (non-hydrogen) atoms. The van der Waals surface area contributed by atoms with E-state index in [4.69, 9.17) is 11.6 Å². The van der Waals surface area contributed by atoms with Gasteiger partial charge in [-0.05, 0) is 30.7 Å². The zero-order valence-corrected chi connectivity index (χ0v) is 10.6. The lowest BCUT2D eigenvalue weighted by Gasteiger charge is -1.98. The molecule has 0 aliphatic rings. The Morgan fingerprint density at radius 1 is 1.28 bits per heavy atom. The molecule has 2 rings (SSSR count). The largest absolute Gasteiger partial charge is 0.296 e. The van der Waals surface area contributed by atoms with Gasteiger partial charge in [0, 0.05) is 11.6 Å². The van der Waals surface area contributed by atoms with Gasteiger partial charge >= 0.3 is 0 Å². The lowest BCUT2D eigenvalue weighted by atomic mass is 10.2. The summed E-state index contributed by atoms with van der Waals surface area (Å²) in [7, 11) is 0. The first-order chi connectivity index (χ1) is 8.74. The predicted molar refractivity (Wildman–Crippen MR) is 71.5 cm³/mol. The molecule has 0 saturated carbocycles. The van der Waals surface area contributed by atoms with E-state index in [0.29, 0.717) is 29.2 Å². The van der Waals surface area contributed by atoms with Crippen LogP contribution >= 0.6 is 11.6 Å². The van der Waals surface area contributed by atoms with Crippen LogP contribution in [0.5, 0.6) is 0 Å². The molecule has 0 atom stereocenters. The van der Waals surface area contributed by atoms with Crippen LogP contribution < -0.4 is 0 Å². The molecule has 1 aromatic carbocycles. The van der Waals surface area contributed by atoms with Gasteiger partial charge in [-0.3, -0.25) is 4.79 Å². The Kier molecular flexibility index (Phi) is 3.89. The van der Waals surface area contributed by atoms with Crippen LogP contribution in [0.2, 0.25) is 5.02 Å². The molecule has 0 spiro atoms. The van der Waals surface area contributed by atoms with Gasteiger partial charge in [-0.1, -0.05) is 35.0 Å². The smallest absolute Gasteiger partial charge is 0.172 e. The number of carbonyl (C=O) groups is 1. The summed E-state index contributed by atoms with van der Waals surface area (Å²) in [5.41, 5.74) is 2.06. The first-order valence-electron chi connectivity index (χ1n) is 5.57. The highest BCUT2D eigenvalue weighted by atomic mass is 35.5. The standard InChI is InChI=1S/C13H12ClN3O/c1-2-17-13(12(9-18)15-16-17)8-5-10-3-6-11(14)7-4-10/h3-9H,2H2,1H3/b8-5+. The molecular weight excluding hydrogens is 250 g/mol. The number of hydrogen-bond acceptors (Lipinski definition) is 3. The molecule has 4 nitrogen and oxygen atoms in total. The summed E-state index contributed by atoms with van der Waals surface area (Å²) >= 11 is 5.81. The highest BCUT2D eigenvalue weighted by Gasteiger charge is 2.07. The van der Waals surface area contributed by atoms with Gasteiger partial charge in [-0.25, -0.2) is 4.68 Å². The van der Waals surface area contributed by atoms with E-state index in [1.54, 1.807) is 4.68 Å².